The molecule has 3 heterocycles. The van der Waals surface area contributed by atoms with Crippen LogP contribution in [0, 0.1) is 0 Å². The Morgan fingerprint density at radius 1 is 1.43 bits per heavy atom. The number of hydrogen-bond donors (Lipinski definition) is 1. The molecule has 1 aromatic heterocycles. The average molecular weight is 443 g/mol. The highest BCUT2D eigenvalue weighted by atomic mass is 35.5. The van der Waals surface area contributed by atoms with E-state index in [2.05, 4.69) is 21.9 Å². The van der Waals surface area contributed by atoms with Gasteiger partial charge in [-0.15, -0.1) is 11.3 Å². The standard InChI is InChI=1S/C19H27ClN4O2S2/c1-19(2,3)26-18(25)24-9-13-7-14(24)8-23(13)17(28-11-21-4)16(22-5)15-6-12(20)10-27-15/h6,10,13-14,21H,5,7-9,11H2,1-4H3/b17-16-. The number of carbonyl (C=O) groups is 1. The summed E-state index contributed by atoms with van der Waals surface area (Å²) in [6.45, 7) is 10.9. The van der Waals surface area contributed by atoms with Gasteiger partial charge >= 0.3 is 6.09 Å². The van der Waals surface area contributed by atoms with Crippen molar-refractivity contribution in [2.75, 3.05) is 26.0 Å². The van der Waals surface area contributed by atoms with Crippen LogP contribution in [0.25, 0.3) is 5.70 Å². The van der Waals surface area contributed by atoms with Crippen molar-refractivity contribution in [2.24, 2.45) is 4.99 Å². The second-order valence-corrected chi connectivity index (χ2v) is 10.2. The van der Waals surface area contributed by atoms with Crippen molar-refractivity contribution < 1.29 is 9.53 Å². The SMILES string of the molecule is C=N/C(=C(\SCNC)N1CC2CC1CN2C(=O)OC(C)(C)C)c1cc(Cl)cs1. The third kappa shape index (κ3) is 4.67. The summed E-state index contributed by atoms with van der Waals surface area (Å²) >= 11 is 9.41. The number of likely N-dealkylation sites (tertiary alicyclic amines) is 2. The van der Waals surface area contributed by atoms with Gasteiger partial charge in [0.2, 0.25) is 0 Å². The Labute approximate surface area is 180 Å². The van der Waals surface area contributed by atoms with Crippen molar-refractivity contribution in [1.29, 1.82) is 0 Å². The predicted molar refractivity (Wildman–Crippen MR) is 119 cm³/mol. The quantitative estimate of drug-likeness (QED) is 0.524. The highest BCUT2D eigenvalue weighted by Crippen LogP contribution is 2.41. The van der Waals surface area contributed by atoms with E-state index in [1.807, 2.05) is 44.2 Å². The molecule has 1 amide bonds. The topological polar surface area (TPSA) is 57.2 Å². The lowest BCUT2D eigenvalue weighted by Crippen LogP contribution is -2.49. The van der Waals surface area contributed by atoms with E-state index in [1.54, 1.807) is 23.1 Å². The maximum atomic E-state index is 12.5. The molecule has 1 N–H and O–H groups in total. The number of halogens is 1. The van der Waals surface area contributed by atoms with Crippen molar-refractivity contribution in [3.63, 3.8) is 0 Å². The van der Waals surface area contributed by atoms with Crippen LogP contribution in [0.4, 0.5) is 4.79 Å². The molecule has 2 aliphatic heterocycles. The number of piperazine rings is 1. The minimum absolute atomic E-state index is 0.156. The number of amides is 1. The summed E-state index contributed by atoms with van der Waals surface area (Å²) in [5.74, 6) is 0.761. The van der Waals surface area contributed by atoms with Crippen LogP contribution in [0.5, 0.6) is 0 Å². The smallest absolute Gasteiger partial charge is 0.410 e. The number of nitrogens with one attached hydrogen (secondary N) is 1. The van der Waals surface area contributed by atoms with Gasteiger partial charge in [-0.05, 0) is 47.0 Å². The van der Waals surface area contributed by atoms with Crippen molar-refractivity contribution in [3.05, 3.63) is 26.4 Å². The summed E-state index contributed by atoms with van der Waals surface area (Å²) in [5.41, 5.74) is 0.374. The second kappa shape index (κ2) is 8.65. The zero-order chi connectivity index (χ0) is 20.5. The molecule has 2 atom stereocenters. The summed E-state index contributed by atoms with van der Waals surface area (Å²) in [7, 11) is 1.92. The maximum absolute atomic E-state index is 12.5. The Morgan fingerprint density at radius 3 is 2.61 bits per heavy atom. The van der Waals surface area contributed by atoms with E-state index in [-0.39, 0.29) is 18.2 Å². The van der Waals surface area contributed by atoms with Crippen LogP contribution in [0.1, 0.15) is 32.1 Å². The van der Waals surface area contributed by atoms with Crippen molar-refractivity contribution in [3.8, 4) is 0 Å². The first-order valence-corrected chi connectivity index (χ1v) is 11.5. The molecule has 2 fully saturated rings. The summed E-state index contributed by atoms with van der Waals surface area (Å²) in [6.07, 6.45) is 0.721. The number of aliphatic imine (C=N–C) groups is 1. The molecule has 2 aliphatic rings. The molecular formula is C19H27ClN4O2S2. The fraction of sp³-hybridized carbons (Fsp3) is 0.579. The molecule has 1 aromatic rings. The number of thioether (sulfide) groups is 1. The molecule has 2 bridgehead atoms. The number of nitrogens with zero attached hydrogens (tertiary/aromatic N) is 3. The number of thiophene rings is 1. The highest BCUT2D eigenvalue weighted by Gasteiger charge is 2.47. The van der Waals surface area contributed by atoms with Crippen molar-refractivity contribution >= 4 is 53.2 Å². The van der Waals surface area contributed by atoms with Gasteiger partial charge in [-0.1, -0.05) is 23.4 Å². The lowest BCUT2D eigenvalue weighted by atomic mass is 10.2. The molecule has 0 radical (unpaired) electrons. The van der Waals surface area contributed by atoms with Gasteiger partial charge in [0.25, 0.3) is 0 Å². The zero-order valence-electron chi connectivity index (χ0n) is 16.7. The third-order valence-electron chi connectivity index (χ3n) is 4.64. The van der Waals surface area contributed by atoms with E-state index in [0.717, 1.165) is 34.4 Å². The Kier molecular flexibility index (Phi) is 6.64. The van der Waals surface area contributed by atoms with E-state index in [9.17, 15) is 4.79 Å². The first kappa shape index (κ1) is 21.5. The minimum Gasteiger partial charge on any atom is -0.444 e. The summed E-state index contributed by atoms with van der Waals surface area (Å²) in [6, 6.07) is 2.34. The molecule has 6 nitrogen and oxygen atoms in total. The molecule has 0 spiro atoms. The summed E-state index contributed by atoms with van der Waals surface area (Å²) in [4.78, 5) is 22.1. The number of carbonyl (C=O) groups excluding carboxylic acids is 1. The van der Waals surface area contributed by atoms with Gasteiger partial charge in [-0.25, -0.2) is 4.79 Å². The van der Waals surface area contributed by atoms with Gasteiger partial charge < -0.3 is 19.9 Å². The van der Waals surface area contributed by atoms with Gasteiger partial charge in [0.1, 0.15) is 11.3 Å². The van der Waals surface area contributed by atoms with E-state index in [4.69, 9.17) is 16.3 Å². The van der Waals surface area contributed by atoms with Crippen LogP contribution >= 0.6 is 34.7 Å². The Hall–Kier alpha value is -1.22. The van der Waals surface area contributed by atoms with E-state index >= 15 is 0 Å². The largest absolute Gasteiger partial charge is 0.444 e. The Bertz CT molecular complexity index is 774. The monoisotopic (exact) mass is 442 g/mol. The molecule has 0 saturated carbocycles. The number of ether oxygens (including phenoxy) is 1. The zero-order valence-corrected chi connectivity index (χ0v) is 19.1. The van der Waals surface area contributed by atoms with Crippen LogP contribution in [0.15, 0.2) is 21.5 Å². The molecule has 3 rings (SSSR count). The van der Waals surface area contributed by atoms with Gasteiger partial charge in [0, 0.05) is 30.4 Å². The minimum atomic E-state index is -0.481. The third-order valence-corrected chi connectivity index (χ3v) is 7.06. The predicted octanol–water partition coefficient (Wildman–Crippen LogP) is 4.33. The lowest BCUT2D eigenvalue weighted by molar-refractivity contribution is 0.0156. The normalized spacial score (nSPS) is 22.5. The molecule has 2 saturated heterocycles. The van der Waals surface area contributed by atoms with Gasteiger partial charge in [0.15, 0.2) is 0 Å². The molecule has 2 unspecified atom stereocenters. The molecule has 0 aliphatic carbocycles. The van der Waals surface area contributed by atoms with Crippen LogP contribution in [0.3, 0.4) is 0 Å². The van der Waals surface area contributed by atoms with E-state index in [0.29, 0.717) is 11.6 Å². The van der Waals surface area contributed by atoms with E-state index < -0.39 is 5.60 Å². The fourth-order valence-electron chi connectivity index (χ4n) is 3.58. The lowest BCUT2D eigenvalue weighted by Gasteiger charge is -2.37. The Morgan fingerprint density at radius 2 is 2.11 bits per heavy atom. The van der Waals surface area contributed by atoms with E-state index in [1.165, 1.54) is 0 Å². The fourth-order valence-corrected chi connectivity index (χ4v) is 5.71. The maximum Gasteiger partial charge on any atom is 0.410 e. The summed E-state index contributed by atoms with van der Waals surface area (Å²) in [5, 5.41) is 6.88. The average Bonchev–Trinajstić information content (AvgIpc) is 3.32. The first-order valence-electron chi connectivity index (χ1n) is 9.22. The molecule has 28 heavy (non-hydrogen) atoms. The Balaban J connectivity index is 1.82. The second-order valence-electron chi connectivity index (χ2n) is 7.91. The number of fused-ring (bicyclic) bond motifs is 2. The summed E-state index contributed by atoms with van der Waals surface area (Å²) < 4.78 is 5.58. The highest BCUT2D eigenvalue weighted by molar-refractivity contribution is 8.03. The van der Waals surface area contributed by atoms with Crippen LogP contribution in [0.2, 0.25) is 5.02 Å². The number of rotatable bonds is 6. The number of hydrogen-bond acceptors (Lipinski definition) is 7. The molecule has 154 valence electrons. The van der Waals surface area contributed by atoms with Gasteiger partial charge in [-0.3, -0.25) is 4.99 Å². The first-order chi connectivity index (χ1) is 13.2. The van der Waals surface area contributed by atoms with Crippen LogP contribution in [-0.2, 0) is 4.74 Å². The van der Waals surface area contributed by atoms with Crippen LogP contribution in [-0.4, -0.2) is 66.3 Å². The van der Waals surface area contributed by atoms with Gasteiger partial charge in [0.05, 0.1) is 21.0 Å². The molecule has 9 heteroatoms. The van der Waals surface area contributed by atoms with Gasteiger partial charge in [-0.2, -0.15) is 0 Å². The van der Waals surface area contributed by atoms with Crippen molar-refractivity contribution in [2.45, 2.75) is 44.9 Å². The van der Waals surface area contributed by atoms with Crippen molar-refractivity contribution in [1.82, 2.24) is 15.1 Å². The molecular weight excluding hydrogens is 416 g/mol. The molecule has 0 aromatic carbocycles. The van der Waals surface area contributed by atoms with Crippen LogP contribution < -0.4 is 5.32 Å².